The third kappa shape index (κ3) is 4.00. The number of hydrogen-bond donors (Lipinski definition) is 1. The smallest absolute Gasteiger partial charge is 0.210 e. The quantitative estimate of drug-likeness (QED) is 0.797. The first kappa shape index (κ1) is 19.8. The monoisotopic (exact) mass is 428 g/mol. The number of Topliss-reactive ketones (excluding diaryl/α,β-unsaturated/α-hetero) is 1. The van der Waals surface area contributed by atoms with E-state index in [4.69, 9.17) is 0 Å². The largest absolute Gasteiger partial charge is 0.351 e. The Morgan fingerprint density at radius 2 is 1.90 bits per heavy atom. The first-order valence-corrected chi connectivity index (χ1v) is 12.3. The summed E-state index contributed by atoms with van der Waals surface area (Å²) in [7, 11) is -3.63. The third-order valence-electron chi connectivity index (χ3n) is 5.17. The molecule has 6 nitrogen and oxygen atoms in total. The van der Waals surface area contributed by atoms with E-state index in [0.717, 1.165) is 36.2 Å². The van der Waals surface area contributed by atoms with Gasteiger partial charge in [0.25, 0.3) is 0 Å². The van der Waals surface area contributed by atoms with Crippen molar-refractivity contribution in [1.29, 1.82) is 0 Å². The van der Waals surface area contributed by atoms with Gasteiger partial charge in [-0.1, -0.05) is 12.1 Å². The van der Waals surface area contributed by atoms with Crippen LogP contribution in [0.3, 0.4) is 0 Å². The summed E-state index contributed by atoms with van der Waals surface area (Å²) >= 11 is 1.95. The Labute approximate surface area is 173 Å². The molecule has 1 aliphatic heterocycles. The van der Waals surface area contributed by atoms with Crippen molar-refractivity contribution in [3.8, 4) is 0 Å². The van der Waals surface area contributed by atoms with Gasteiger partial charge in [-0.2, -0.15) is 11.8 Å². The number of aromatic nitrogens is 1. The summed E-state index contributed by atoms with van der Waals surface area (Å²) in [6.07, 6.45) is 7.85. The van der Waals surface area contributed by atoms with Gasteiger partial charge in [-0.15, -0.1) is 0 Å². The summed E-state index contributed by atoms with van der Waals surface area (Å²) in [5, 5.41) is 3.01. The molecule has 2 aliphatic rings. The highest BCUT2D eigenvalue weighted by Crippen LogP contribution is 2.33. The number of sulfone groups is 1. The van der Waals surface area contributed by atoms with Crippen LogP contribution in [0.1, 0.15) is 45.0 Å². The summed E-state index contributed by atoms with van der Waals surface area (Å²) in [5.74, 6) is 1.78. The number of carbonyl (C=O) groups excluding carboxylic acids is 2. The number of nitrogens with one attached hydrogen (secondary N) is 1. The molecule has 1 aromatic carbocycles. The number of carbonyl (C=O) groups is 2. The summed E-state index contributed by atoms with van der Waals surface area (Å²) in [6.45, 7) is 0. The lowest BCUT2D eigenvalue weighted by Gasteiger charge is -2.22. The van der Waals surface area contributed by atoms with Crippen LogP contribution in [0.2, 0.25) is 0 Å². The molecule has 0 spiro atoms. The number of benzene rings is 1. The van der Waals surface area contributed by atoms with E-state index >= 15 is 0 Å². The van der Waals surface area contributed by atoms with E-state index in [9.17, 15) is 18.0 Å². The second-order valence-corrected chi connectivity index (χ2v) is 10.4. The second-order valence-electron chi connectivity index (χ2n) is 7.22. The van der Waals surface area contributed by atoms with Crippen molar-refractivity contribution in [3.63, 3.8) is 0 Å². The molecule has 0 amide bonds. The van der Waals surface area contributed by atoms with Gasteiger partial charge in [0.1, 0.15) is 0 Å². The van der Waals surface area contributed by atoms with Gasteiger partial charge >= 0.3 is 0 Å². The first-order chi connectivity index (χ1) is 13.8. The van der Waals surface area contributed by atoms with Gasteiger partial charge in [0.2, 0.25) is 5.78 Å². The molecule has 0 radical (unpaired) electrons. The van der Waals surface area contributed by atoms with Gasteiger partial charge < -0.3 is 5.32 Å². The molecule has 4 rings (SSSR count). The fourth-order valence-corrected chi connectivity index (χ4v) is 5.74. The molecule has 0 unspecified atom stereocenters. The minimum atomic E-state index is -3.63. The molecular formula is C21H20N2O4S2. The Morgan fingerprint density at radius 3 is 2.62 bits per heavy atom. The van der Waals surface area contributed by atoms with E-state index in [1.165, 1.54) is 24.3 Å². The topological polar surface area (TPSA) is 93.2 Å². The molecule has 1 saturated heterocycles. The zero-order chi connectivity index (χ0) is 20.6. The predicted molar refractivity (Wildman–Crippen MR) is 113 cm³/mol. The van der Waals surface area contributed by atoms with Crippen molar-refractivity contribution in [1.82, 2.24) is 4.98 Å². The van der Waals surface area contributed by atoms with E-state index in [1.54, 1.807) is 6.20 Å². The lowest BCUT2D eigenvalue weighted by Crippen LogP contribution is -2.23. The van der Waals surface area contributed by atoms with Crippen LogP contribution in [-0.4, -0.2) is 42.7 Å². The number of hydrogen-bond acceptors (Lipinski definition) is 7. The van der Waals surface area contributed by atoms with Crippen molar-refractivity contribution in [3.05, 3.63) is 65.1 Å². The average molecular weight is 429 g/mol. The maximum atomic E-state index is 12.9. The number of fused-ring (bicyclic) bond motifs is 1. The molecule has 8 heteroatoms. The summed E-state index contributed by atoms with van der Waals surface area (Å²) in [6, 6.07) is 6.27. The van der Waals surface area contributed by atoms with Gasteiger partial charge in [0.05, 0.1) is 28.0 Å². The number of ketones is 2. The lowest BCUT2D eigenvalue weighted by molar-refractivity contribution is 0.0983. The minimum absolute atomic E-state index is 0.0582. The van der Waals surface area contributed by atoms with Crippen LogP contribution in [0.4, 0.5) is 5.69 Å². The Bertz CT molecular complexity index is 1130. The van der Waals surface area contributed by atoms with Crippen LogP contribution < -0.4 is 5.32 Å². The number of pyridine rings is 1. The van der Waals surface area contributed by atoms with Crippen LogP contribution in [0, 0.1) is 0 Å². The van der Waals surface area contributed by atoms with Gasteiger partial charge in [-0.05, 0) is 48.0 Å². The van der Waals surface area contributed by atoms with Crippen molar-refractivity contribution in [2.24, 2.45) is 0 Å². The lowest BCUT2D eigenvalue weighted by atomic mass is 9.92. The highest BCUT2D eigenvalue weighted by Gasteiger charge is 2.30. The van der Waals surface area contributed by atoms with Crippen LogP contribution in [0.5, 0.6) is 0 Å². The number of anilines is 1. The average Bonchev–Trinajstić information content (AvgIpc) is 2.71. The predicted octanol–water partition coefficient (Wildman–Crippen LogP) is 3.47. The number of allylic oxidation sites excluding steroid dienone is 2. The zero-order valence-electron chi connectivity index (χ0n) is 15.8. The summed E-state index contributed by atoms with van der Waals surface area (Å²) in [4.78, 5) is 29.8. The number of rotatable bonds is 4. The second kappa shape index (κ2) is 7.76. The molecule has 29 heavy (non-hydrogen) atoms. The van der Waals surface area contributed by atoms with Crippen LogP contribution in [0.15, 0.2) is 53.3 Å². The van der Waals surface area contributed by atoms with E-state index in [-0.39, 0.29) is 21.7 Å². The normalized spacial score (nSPS) is 17.6. The molecule has 1 aromatic heterocycles. The Hall–Kier alpha value is -2.45. The van der Waals surface area contributed by atoms with Gasteiger partial charge in [-0.3, -0.25) is 14.6 Å². The molecule has 1 N–H and O–H groups in total. The molecule has 150 valence electrons. The molecule has 1 fully saturated rings. The van der Waals surface area contributed by atoms with Gasteiger partial charge in [0, 0.05) is 24.1 Å². The van der Waals surface area contributed by atoms with Gasteiger partial charge in [-0.25, -0.2) is 8.42 Å². The molecule has 2 heterocycles. The standard InChI is InChI=1S/C21H20N2O4S2/c1-29(26,27)19-4-2-3-16-20(19)18(24)10-17(21(16)25)23-15-9-14(11-22-12-15)13-5-7-28-8-6-13/h2-4,9-13,23H,5-8H2,1H3. The number of thioether (sulfide) groups is 1. The van der Waals surface area contributed by atoms with Crippen LogP contribution >= 0.6 is 11.8 Å². The van der Waals surface area contributed by atoms with Crippen LogP contribution in [-0.2, 0) is 9.84 Å². The van der Waals surface area contributed by atoms with Crippen molar-refractivity contribution < 1.29 is 18.0 Å². The molecule has 2 aromatic rings. The Kier molecular flexibility index (Phi) is 5.31. The minimum Gasteiger partial charge on any atom is -0.351 e. The molecule has 0 bridgehead atoms. The van der Waals surface area contributed by atoms with E-state index in [0.29, 0.717) is 11.6 Å². The Balaban J connectivity index is 1.64. The van der Waals surface area contributed by atoms with Crippen molar-refractivity contribution >= 4 is 38.9 Å². The first-order valence-electron chi connectivity index (χ1n) is 9.28. The zero-order valence-corrected chi connectivity index (χ0v) is 17.5. The maximum Gasteiger partial charge on any atom is 0.210 e. The van der Waals surface area contributed by atoms with E-state index in [2.05, 4.69) is 10.3 Å². The molecule has 1 aliphatic carbocycles. The van der Waals surface area contributed by atoms with Crippen molar-refractivity contribution in [2.75, 3.05) is 23.1 Å². The highest BCUT2D eigenvalue weighted by atomic mass is 32.2. The summed E-state index contributed by atoms with van der Waals surface area (Å²) in [5.41, 5.74) is 1.90. The Morgan fingerprint density at radius 1 is 1.14 bits per heavy atom. The van der Waals surface area contributed by atoms with Crippen molar-refractivity contribution in [2.45, 2.75) is 23.7 Å². The molecule has 0 saturated carbocycles. The molecular weight excluding hydrogens is 408 g/mol. The van der Waals surface area contributed by atoms with E-state index in [1.807, 2.05) is 24.0 Å². The fraction of sp³-hybridized carbons (Fsp3) is 0.286. The highest BCUT2D eigenvalue weighted by molar-refractivity contribution is 7.99. The van der Waals surface area contributed by atoms with E-state index < -0.39 is 21.4 Å². The maximum absolute atomic E-state index is 12.9. The fourth-order valence-electron chi connectivity index (χ4n) is 3.73. The van der Waals surface area contributed by atoms with Crippen LogP contribution in [0.25, 0.3) is 0 Å². The number of nitrogens with zero attached hydrogens (tertiary/aromatic N) is 1. The molecule has 0 atom stereocenters. The third-order valence-corrected chi connectivity index (χ3v) is 7.36. The summed E-state index contributed by atoms with van der Waals surface area (Å²) < 4.78 is 24.0. The SMILES string of the molecule is CS(=O)(=O)c1cccc2c1C(=O)C=C(Nc1cncc(C3CCSCC3)c1)C2=O. The van der Waals surface area contributed by atoms with Gasteiger partial charge in [0.15, 0.2) is 15.6 Å².